The number of hydrogen-bond donors (Lipinski definition) is 4. The molecule has 2 aromatic carbocycles. The summed E-state index contributed by atoms with van der Waals surface area (Å²) in [4.78, 5) is 22.3. The van der Waals surface area contributed by atoms with Crippen molar-refractivity contribution in [2.24, 2.45) is 0 Å². The Morgan fingerprint density at radius 2 is 1.74 bits per heavy atom. The summed E-state index contributed by atoms with van der Waals surface area (Å²) in [6.45, 7) is 1.91. The van der Waals surface area contributed by atoms with Crippen molar-refractivity contribution in [3.05, 3.63) is 59.7 Å². The molecule has 6 nitrogen and oxygen atoms in total. The average molecular weight is 311 g/mol. The van der Waals surface area contributed by atoms with Crippen molar-refractivity contribution >= 4 is 28.8 Å². The van der Waals surface area contributed by atoms with Crippen LogP contribution in [0.1, 0.15) is 11.1 Å². The summed E-state index contributed by atoms with van der Waals surface area (Å²) in [5.41, 5.74) is 13.8. The minimum Gasteiger partial charge on any atom is -0.506 e. The van der Waals surface area contributed by atoms with Gasteiger partial charge in [0.15, 0.2) is 0 Å². The highest BCUT2D eigenvalue weighted by molar-refractivity contribution is 6.33. The van der Waals surface area contributed by atoms with E-state index in [4.69, 9.17) is 16.6 Å². The number of phenolic OH excluding ortho intramolecular Hbond substituents is 1. The Hall–Kier alpha value is -3.28. The quantitative estimate of drug-likeness (QED) is 0.276. The Morgan fingerprint density at radius 1 is 1.04 bits per heavy atom. The first-order chi connectivity index (χ1) is 10.9. The monoisotopic (exact) mass is 311 g/mol. The van der Waals surface area contributed by atoms with Crippen LogP contribution in [0.25, 0.3) is 5.57 Å². The van der Waals surface area contributed by atoms with Crippen molar-refractivity contribution < 1.29 is 14.7 Å². The third-order valence-corrected chi connectivity index (χ3v) is 3.24. The molecule has 3 rings (SSSR count). The molecule has 0 atom stereocenters. The molecule has 118 valence electrons. The zero-order chi connectivity index (χ0) is 17.0. The number of carbonyl (C=O) groups excluding carboxylic acids is 2. The minimum atomic E-state index is -0.340. The van der Waals surface area contributed by atoms with E-state index in [0.717, 1.165) is 11.1 Å². The molecule has 0 aliphatic carbocycles. The van der Waals surface area contributed by atoms with E-state index in [0.29, 0.717) is 16.9 Å². The van der Waals surface area contributed by atoms with Crippen molar-refractivity contribution in [2.75, 3.05) is 11.5 Å². The number of anilines is 2. The average Bonchev–Trinajstić information content (AvgIpc) is 2.83. The molecule has 0 saturated carbocycles. The highest BCUT2D eigenvalue weighted by Crippen LogP contribution is 2.21. The molecule has 1 aliphatic rings. The number of aryl methyl sites for hydroxylation is 1. The molecular weight excluding hydrogens is 294 g/mol. The molecule has 0 unspecified atom stereocenters. The van der Waals surface area contributed by atoms with Gasteiger partial charge in [-0.15, -0.1) is 0 Å². The molecular formula is C17H17N3O3. The predicted octanol–water partition coefficient (Wildman–Crippen LogP) is 1.59. The molecule has 2 amide bonds. The second kappa shape index (κ2) is 6.65. The summed E-state index contributed by atoms with van der Waals surface area (Å²) < 4.78 is 0. The standard InChI is InChI=1S/C11H9NO2.C6H8N2O/c1-7-4-2-3-5-8(7)9-6-10(13)12-11(9)14;7-4-1-2-6(9)5(8)3-4/h2-6H,1H3,(H,12,13,14);1-3,9H,7-8H2. The number of carbonyl (C=O) groups is 2. The Labute approximate surface area is 133 Å². The number of nitrogens with two attached hydrogens (primary N) is 2. The van der Waals surface area contributed by atoms with E-state index in [1.165, 1.54) is 18.2 Å². The maximum absolute atomic E-state index is 11.3. The van der Waals surface area contributed by atoms with Crippen LogP contribution in [-0.4, -0.2) is 16.9 Å². The Bertz CT molecular complexity index is 797. The second-order valence-electron chi connectivity index (χ2n) is 5.01. The van der Waals surface area contributed by atoms with E-state index in [-0.39, 0.29) is 17.6 Å². The van der Waals surface area contributed by atoms with E-state index < -0.39 is 0 Å². The smallest absolute Gasteiger partial charge is 0.258 e. The number of nitrogens with one attached hydrogen (secondary N) is 1. The topological polar surface area (TPSA) is 118 Å². The highest BCUT2D eigenvalue weighted by atomic mass is 16.3. The maximum Gasteiger partial charge on any atom is 0.258 e. The van der Waals surface area contributed by atoms with Crippen LogP contribution in [0.15, 0.2) is 48.5 Å². The zero-order valence-electron chi connectivity index (χ0n) is 12.5. The first kappa shape index (κ1) is 16.1. The minimum absolute atomic E-state index is 0.0733. The predicted molar refractivity (Wildman–Crippen MR) is 89.2 cm³/mol. The van der Waals surface area contributed by atoms with Crippen LogP contribution in [0.5, 0.6) is 5.75 Å². The SMILES string of the molecule is Cc1ccccc1C1=CC(=O)NC1=O.Nc1ccc(O)c(N)c1. The molecule has 23 heavy (non-hydrogen) atoms. The summed E-state index contributed by atoms with van der Waals surface area (Å²) in [6, 6.07) is 12.0. The number of rotatable bonds is 1. The van der Waals surface area contributed by atoms with Crippen LogP contribution < -0.4 is 16.8 Å². The molecule has 0 spiro atoms. The third kappa shape index (κ3) is 3.88. The molecule has 2 aromatic rings. The van der Waals surface area contributed by atoms with E-state index in [2.05, 4.69) is 5.32 Å². The van der Waals surface area contributed by atoms with Gasteiger partial charge in [0.2, 0.25) is 0 Å². The Morgan fingerprint density at radius 3 is 2.26 bits per heavy atom. The molecule has 6 N–H and O–H groups in total. The van der Waals surface area contributed by atoms with Crippen molar-refractivity contribution in [2.45, 2.75) is 6.92 Å². The number of hydrogen-bond acceptors (Lipinski definition) is 5. The van der Waals surface area contributed by atoms with Crippen molar-refractivity contribution in [1.29, 1.82) is 0 Å². The van der Waals surface area contributed by atoms with E-state index >= 15 is 0 Å². The van der Waals surface area contributed by atoms with Gasteiger partial charge in [0.1, 0.15) is 5.75 Å². The Balaban J connectivity index is 0.000000185. The van der Waals surface area contributed by atoms with Gasteiger partial charge < -0.3 is 16.6 Å². The molecule has 0 radical (unpaired) electrons. The fourth-order valence-electron chi connectivity index (χ4n) is 2.06. The number of nitrogen functional groups attached to an aromatic ring is 2. The molecule has 0 fully saturated rings. The highest BCUT2D eigenvalue weighted by Gasteiger charge is 2.22. The second-order valence-corrected chi connectivity index (χ2v) is 5.01. The van der Waals surface area contributed by atoms with Gasteiger partial charge in [0, 0.05) is 11.8 Å². The largest absolute Gasteiger partial charge is 0.506 e. The number of benzene rings is 2. The van der Waals surface area contributed by atoms with Crippen LogP contribution in [0.3, 0.4) is 0 Å². The van der Waals surface area contributed by atoms with Gasteiger partial charge in [-0.3, -0.25) is 14.9 Å². The van der Waals surface area contributed by atoms with Gasteiger partial charge in [-0.25, -0.2) is 0 Å². The molecule has 0 saturated heterocycles. The van der Waals surface area contributed by atoms with E-state index in [1.54, 1.807) is 6.07 Å². The van der Waals surface area contributed by atoms with Gasteiger partial charge in [-0.05, 0) is 36.2 Å². The summed E-state index contributed by atoms with van der Waals surface area (Å²) in [7, 11) is 0. The van der Waals surface area contributed by atoms with Crippen LogP contribution in [0, 0.1) is 6.92 Å². The van der Waals surface area contributed by atoms with Crippen molar-refractivity contribution in [1.82, 2.24) is 5.32 Å². The summed E-state index contributed by atoms with van der Waals surface area (Å²) in [5.74, 6) is -0.582. The lowest BCUT2D eigenvalue weighted by Crippen LogP contribution is -2.21. The number of amides is 2. The Kier molecular flexibility index (Phi) is 4.66. The van der Waals surface area contributed by atoms with Gasteiger partial charge in [0.25, 0.3) is 11.8 Å². The van der Waals surface area contributed by atoms with Crippen LogP contribution in [0.4, 0.5) is 11.4 Å². The lowest BCUT2D eigenvalue weighted by atomic mass is 10.0. The molecule has 0 bridgehead atoms. The van der Waals surface area contributed by atoms with Crippen molar-refractivity contribution in [3.63, 3.8) is 0 Å². The van der Waals surface area contributed by atoms with Gasteiger partial charge in [0.05, 0.1) is 11.3 Å². The van der Waals surface area contributed by atoms with E-state index in [1.807, 2.05) is 31.2 Å². The van der Waals surface area contributed by atoms with Gasteiger partial charge >= 0.3 is 0 Å². The maximum atomic E-state index is 11.3. The molecule has 1 aliphatic heterocycles. The van der Waals surface area contributed by atoms with Crippen molar-refractivity contribution in [3.8, 4) is 5.75 Å². The first-order valence-electron chi connectivity index (χ1n) is 6.85. The third-order valence-electron chi connectivity index (χ3n) is 3.24. The zero-order valence-corrected chi connectivity index (χ0v) is 12.5. The number of aromatic hydroxyl groups is 1. The van der Waals surface area contributed by atoms with Gasteiger partial charge in [-0.2, -0.15) is 0 Å². The van der Waals surface area contributed by atoms with Crippen LogP contribution in [-0.2, 0) is 9.59 Å². The molecule has 1 heterocycles. The lowest BCUT2D eigenvalue weighted by Gasteiger charge is -2.03. The lowest BCUT2D eigenvalue weighted by molar-refractivity contribution is -0.123. The number of phenols is 1. The van der Waals surface area contributed by atoms with Crippen LogP contribution >= 0.6 is 0 Å². The fraction of sp³-hybridized carbons (Fsp3) is 0.0588. The summed E-state index contributed by atoms with van der Waals surface area (Å²) >= 11 is 0. The summed E-state index contributed by atoms with van der Waals surface area (Å²) in [5, 5.41) is 11.1. The fourth-order valence-corrected chi connectivity index (χ4v) is 2.06. The molecule has 6 heteroatoms. The van der Waals surface area contributed by atoms with Crippen LogP contribution in [0.2, 0.25) is 0 Å². The van der Waals surface area contributed by atoms with E-state index in [9.17, 15) is 9.59 Å². The number of imide groups is 1. The summed E-state index contributed by atoms with van der Waals surface area (Å²) in [6.07, 6.45) is 1.34. The first-order valence-corrected chi connectivity index (χ1v) is 6.85. The normalized spacial score (nSPS) is 13.0. The van der Waals surface area contributed by atoms with Gasteiger partial charge in [-0.1, -0.05) is 24.3 Å². The molecule has 0 aromatic heterocycles.